The van der Waals surface area contributed by atoms with E-state index in [1.165, 1.54) is 5.69 Å². The summed E-state index contributed by atoms with van der Waals surface area (Å²) in [6.45, 7) is 5.46. The lowest BCUT2D eigenvalue weighted by molar-refractivity contribution is -0.123. The fourth-order valence-corrected chi connectivity index (χ4v) is 3.81. The first-order valence-electron chi connectivity index (χ1n) is 11.6. The zero-order chi connectivity index (χ0) is 22.2. The summed E-state index contributed by atoms with van der Waals surface area (Å²) in [6, 6.07) is 19.0. The molecule has 2 aromatic rings. The van der Waals surface area contributed by atoms with Crippen molar-refractivity contribution in [3.8, 4) is 5.75 Å². The Kier molecular flexibility index (Phi) is 7.48. The Morgan fingerprint density at radius 2 is 1.91 bits per heavy atom. The average Bonchev–Trinajstić information content (AvgIpc) is 3.51. The third-order valence-corrected chi connectivity index (χ3v) is 5.63. The van der Waals surface area contributed by atoms with Crippen molar-refractivity contribution in [1.82, 2.24) is 16.0 Å². The van der Waals surface area contributed by atoms with Gasteiger partial charge >= 0.3 is 0 Å². The van der Waals surface area contributed by atoms with Crippen molar-refractivity contribution in [2.45, 2.75) is 44.8 Å². The smallest absolute Gasteiger partial charge is 0.258 e. The molecule has 4 rings (SSSR count). The van der Waals surface area contributed by atoms with Gasteiger partial charge in [-0.05, 0) is 56.0 Å². The van der Waals surface area contributed by atoms with Crippen molar-refractivity contribution >= 4 is 17.6 Å². The van der Waals surface area contributed by atoms with Crippen LogP contribution in [0.1, 0.15) is 31.7 Å². The number of aliphatic imine (C=N–C) groups is 1. The summed E-state index contributed by atoms with van der Waals surface area (Å²) in [6.07, 6.45) is 3.23. The molecule has 0 aromatic heterocycles. The summed E-state index contributed by atoms with van der Waals surface area (Å²) in [5, 5.41) is 9.86. The minimum absolute atomic E-state index is 0.0486. The van der Waals surface area contributed by atoms with Gasteiger partial charge in [-0.25, -0.2) is 4.99 Å². The number of amides is 1. The van der Waals surface area contributed by atoms with E-state index in [0.717, 1.165) is 50.4 Å². The SMILES string of the molecule is CCNC(=NCc1cccc(OCC(=O)NC2CC2)c1)NC1CCN(c2ccccc2)C1. The maximum atomic E-state index is 11.8. The van der Waals surface area contributed by atoms with Gasteiger partial charge in [0.25, 0.3) is 5.91 Å². The van der Waals surface area contributed by atoms with Gasteiger partial charge in [0.1, 0.15) is 5.75 Å². The molecule has 0 spiro atoms. The fraction of sp³-hybridized carbons (Fsp3) is 0.440. The van der Waals surface area contributed by atoms with Crippen LogP contribution in [0.3, 0.4) is 0 Å². The van der Waals surface area contributed by atoms with Crippen LogP contribution in [0, 0.1) is 0 Å². The maximum Gasteiger partial charge on any atom is 0.258 e. The highest BCUT2D eigenvalue weighted by Gasteiger charge is 2.24. The number of hydrogen-bond donors (Lipinski definition) is 3. The van der Waals surface area contributed by atoms with Gasteiger partial charge in [0.15, 0.2) is 12.6 Å². The van der Waals surface area contributed by atoms with Crippen LogP contribution >= 0.6 is 0 Å². The molecule has 1 heterocycles. The van der Waals surface area contributed by atoms with Crippen LogP contribution in [-0.2, 0) is 11.3 Å². The number of rotatable bonds is 9. The van der Waals surface area contributed by atoms with Gasteiger partial charge in [-0.15, -0.1) is 0 Å². The van der Waals surface area contributed by atoms with Crippen LogP contribution in [0.5, 0.6) is 5.75 Å². The Morgan fingerprint density at radius 3 is 2.69 bits per heavy atom. The summed E-state index contributed by atoms with van der Waals surface area (Å²) >= 11 is 0. The predicted octanol–water partition coefficient (Wildman–Crippen LogP) is 2.68. The monoisotopic (exact) mass is 435 g/mol. The van der Waals surface area contributed by atoms with E-state index in [-0.39, 0.29) is 12.5 Å². The molecule has 1 atom stereocenters. The Labute approximate surface area is 190 Å². The highest BCUT2D eigenvalue weighted by molar-refractivity contribution is 5.80. The summed E-state index contributed by atoms with van der Waals surface area (Å²) in [5.74, 6) is 1.45. The Hall–Kier alpha value is -3.22. The van der Waals surface area contributed by atoms with Gasteiger partial charge in [0, 0.05) is 37.4 Å². The zero-order valence-electron chi connectivity index (χ0n) is 18.7. The van der Waals surface area contributed by atoms with Crippen molar-refractivity contribution in [3.05, 3.63) is 60.2 Å². The minimum Gasteiger partial charge on any atom is -0.484 e. The molecule has 7 heteroatoms. The van der Waals surface area contributed by atoms with Gasteiger partial charge in [0.2, 0.25) is 0 Å². The van der Waals surface area contributed by atoms with E-state index in [0.29, 0.717) is 24.4 Å². The van der Waals surface area contributed by atoms with E-state index in [4.69, 9.17) is 9.73 Å². The van der Waals surface area contributed by atoms with E-state index in [2.05, 4.69) is 52.0 Å². The lowest BCUT2D eigenvalue weighted by Crippen LogP contribution is -2.44. The fourth-order valence-electron chi connectivity index (χ4n) is 3.81. The standard InChI is InChI=1S/C25H33N5O2/c1-2-26-25(29-21-13-14-30(17-21)22-8-4-3-5-9-22)27-16-19-7-6-10-23(15-19)32-18-24(31)28-20-11-12-20/h3-10,15,20-21H,2,11-14,16-18H2,1H3,(H,28,31)(H2,26,27,29). The van der Waals surface area contributed by atoms with Crippen molar-refractivity contribution in [2.24, 2.45) is 4.99 Å². The van der Waals surface area contributed by atoms with Crippen molar-refractivity contribution < 1.29 is 9.53 Å². The summed E-state index contributed by atoms with van der Waals surface area (Å²) in [7, 11) is 0. The van der Waals surface area contributed by atoms with Crippen molar-refractivity contribution in [3.63, 3.8) is 0 Å². The molecule has 2 aromatic carbocycles. The second kappa shape index (κ2) is 10.9. The molecule has 0 radical (unpaired) electrons. The van der Waals surface area contributed by atoms with Crippen LogP contribution in [-0.4, -0.2) is 50.2 Å². The largest absolute Gasteiger partial charge is 0.484 e. The predicted molar refractivity (Wildman–Crippen MR) is 128 cm³/mol. The highest BCUT2D eigenvalue weighted by atomic mass is 16.5. The number of para-hydroxylation sites is 1. The molecule has 170 valence electrons. The van der Waals surface area contributed by atoms with Crippen LogP contribution in [0.2, 0.25) is 0 Å². The molecule has 1 saturated carbocycles. The lowest BCUT2D eigenvalue weighted by Gasteiger charge is -2.20. The number of nitrogens with one attached hydrogen (secondary N) is 3. The molecule has 2 aliphatic rings. The maximum absolute atomic E-state index is 11.8. The molecule has 3 N–H and O–H groups in total. The van der Waals surface area contributed by atoms with E-state index >= 15 is 0 Å². The quantitative estimate of drug-likeness (QED) is 0.417. The van der Waals surface area contributed by atoms with E-state index < -0.39 is 0 Å². The number of anilines is 1. The molecule has 0 bridgehead atoms. The Morgan fingerprint density at radius 1 is 1.06 bits per heavy atom. The van der Waals surface area contributed by atoms with Crippen molar-refractivity contribution in [2.75, 3.05) is 31.1 Å². The topological polar surface area (TPSA) is 78.0 Å². The van der Waals surface area contributed by atoms with E-state index in [1.54, 1.807) is 0 Å². The minimum atomic E-state index is -0.0596. The van der Waals surface area contributed by atoms with Crippen molar-refractivity contribution in [1.29, 1.82) is 0 Å². The third kappa shape index (κ3) is 6.64. The Balaban J connectivity index is 1.29. The first-order valence-corrected chi connectivity index (χ1v) is 11.6. The van der Waals surface area contributed by atoms with Gasteiger partial charge in [-0.2, -0.15) is 0 Å². The molecule has 1 amide bonds. The van der Waals surface area contributed by atoms with Crippen LogP contribution in [0.25, 0.3) is 0 Å². The molecule has 1 aliphatic carbocycles. The second-order valence-electron chi connectivity index (χ2n) is 8.38. The molecular weight excluding hydrogens is 402 g/mol. The second-order valence-corrected chi connectivity index (χ2v) is 8.38. The number of guanidine groups is 1. The van der Waals surface area contributed by atoms with E-state index in [9.17, 15) is 4.79 Å². The van der Waals surface area contributed by atoms with Gasteiger partial charge < -0.3 is 25.6 Å². The number of hydrogen-bond acceptors (Lipinski definition) is 4. The summed E-state index contributed by atoms with van der Waals surface area (Å²) in [5.41, 5.74) is 2.31. The molecule has 1 saturated heterocycles. The first kappa shape index (κ1) is 22.0. The Bertz CT molecular complexity index is 914. The molecule has 1 unspecified atom stereocenters. The number of carbonyl (C=O) groups excluding carboxylic acids is 1. The number of carbonyl (C=O) groups is 1. The normalized spacial score (nSPS) is 18.3. The van der Waals surface area contributed by atoms with Crippen LogP contribution < -0.4 is 25.6 Å². The van der Waals surface area contributed by atoms with Crippen LogP contribution in [0.15, 0.2) is 59.6 Å². The highest BCUT2D eigenvalue weighted by Crippen LogP contribution is 2.20. The summed E-state index contributed by atoms with van der Waals surface area (Å²) in [4.78, 5) is 19.0. The summed E-state index contributed by atoms with van der Waals surface area (Å²) < 4.78 is 5.66. The molecule has 7 nitrogen and oxygen atoms in total. The lowest BCUT2D eigenvalue weighted by atomic mass is 10.2. The third-order valence-electron chi connectivity index (χ3n) is 5.63. The van der Waals surface area contributed by atoms with Crippen LogP contribution in [0.4, 0.5) is 5.69 Å². The molecule has 32 heavy (non-hydrogen) atoms. The van der Waals surface area contributed by atoms with E-state index in [1.807, 2.05) is 30.3 Å². The first-order chi connectivity index (χ1) is 15.7. The number of ether oxygens (including phenoxy) is 1. The number of benzene rings is 2. The molecule has 2 fully saturated rings. The van der Waals surface area contributed by atoms with Gasteiger partial charge in [-0.1, -0.05) is 30.3 Å². The average molecular weight is 436 g/mol. The molecule has 1 aliphatic heterocycles. The number of nitrogens with zero attached hydrogens (tertiary/aromatic N) is 2. The zero-order valence-corrected chi connectivity index (χ0v) is 18.7. The van der Waals surface area contributed by atoms with Gasteiger partial charge in [0.05, 0.1) is 6.54 Å². The molecular formula is C25H33N5O2. The van der Waals surface area contributed by atoms with Gasteiger partial charge in [-0.3, -0.25) is 4.79 Å².